The van der Waals surface area contributed by atoms with E-state index < -0.39 is 0 Å². The lowest BCUT2D eigenvalue weighted by Gasteiger charge is -1.95. The number of hydrogen-bond acceptors (Lipinski definition) is 2. The van der Waals surface area contributed by atoms with Crippen LogP contribution in [0, 0.1) is 0 Å². The van der Waals surface area contributed by atoms with Crippen molar-refractivity contribution < 1.29 is 0 Å². The first-order valence-corrected chi connectivity index (χ1v) is 6.66. The molecular weight excluding hydrogens is 264 g/mol. The summed E-state index contributed by atoms with van der Waals surface area (Å²) < 4.78 is 0. The van der Waals surface area contributed by atoms with E-state index in [1.54, 1.807) is 11.3 Å². The minimum absolute atomic E-state index is 0.464. The average molecular weight is 273 g/mol. The predicted molar refractivity (Wildman–Crippen MR) is 65.0 cm³/mol. The van der Waals surface area contributed by atoms with E-state index in [1.807, 2.05) is 11.3 Å². The van der Waals surface area contributed by atoms with E-state index >= 15 is 0 Å². The van der Waals surface area contributed by atoms with Crippen molar-refractivity contribution in [3.05, 3.63) is 34.5 Å². The first-order valence-electron chi connectivity index (χ1n) is 4.05. The van der Waals surface area contributed by atoms with Gasteiger partial charge in [-0.3, -0.25) is 0 Å². The Morgan fingerprint density at radius 2 is 2.08 bits per heavy atom. The molecule has 1 atom stereocenters. The molecule has 2 rings (SSSR count). The second-order valence-electron chi connectivity index (χ2n) is 2.80. The van der Waals surface area contributed by atoms with Crippen LogP contribution in [0.5, 0.6) is 0 Å². The highest BCUT2D eigenvalue weighted by molar-refractivity contribution is 9.09. The summed E-state index contributed by atoms with van der Waals surface area (Å²) in [5, 5.41) is 2.12. The maximum atomic E-state index is 3.57. The highest BCUT2D eigenvalue weighted by Crippen LogP contribution is 2.36. The van der Waals surface area contributed by atoms with Crippen LogP contribution >= 0.6 is 38.6 Å². The molecule has 0 spiro atoms. The first-order chi connectivity index (χ1) is 6.27. The molecule has 2 aromatic rings. The minimum atomic E-state index is 0.464. The molecule has 0 radical (unpaired) electrons. The number of rotatable bonds is 2. The molecule has 1 unspecified atom stereocenters. The molecule has 2 aromatic heterocycles. The van der Waals surface area contributed by atoms with Crippen LogP contribution in [-0.2, 0) is 0 Å². The zero-order valence-corrected chi connectivity index (χ0v) is 10.4. The largest absolute Gasteiger partial charge is 0.143 e. The van der Waals surface area contributed by atoms with Gasteiger partial charge in [0.15, 0.2) is 0 Å². The Morgan fingerprint density at radius 3 is 2.62 bits per heavy atom. The molecule has 0 N–H and O–H groups in total. The van der Waals surface area contributed by atoms with Gasteiger partial charge in [0.2, 0.25) is 0 Å². The van der Waals surface area contributed by atoms with Gasteiger partial charge < -0.3 is 0 Å². The maximum absolute atomic E-state index is 3.57. The van der Waals surface area contributed by atoms with Crippen LogP contribution in [0.25, 0.3) is 9.75 Å². The summed E-state index contributed by atoms with van der Waals surface area (Å²) in [7, 11) is 0. The molecule has 0 amide bonds. The number of hydrogen-bond donors (Lipinski definition) is 0. The van der Waals surface area contributed by atoms with Crippen molar-refractivity contribution in [3.8, 4) is 9.75 Å². The van der Waals surface area contributed by atoms with Gasteiger partial charge in [-0.1, -0.05) is 22.0 Å². The van der Waals surface area contributed by atoms with E-state index in [2.05, 4.69) is 52.5 Å². The number of halogens is 1. The highest BCUT2D eigenvalue weighted by Gasteiger charge is 2.06. The average Bonchev–Trinajstić information content (AvgIpc) is 2.75. The summed E-state index contributed by atoms with van der Waals surface area (Å²) in [6, 6.07) is 8.65. The lowest BCUT2D eigenvalue weighted by atomic mass is 10.3. The van der Waals surface area contributed by atoms with Crippen LogP contribution < -0.4 is 0 Å². The molecule has 0 fully saturated rings. The molecule has 13 heavy (non-hydrogen) atoms. The Balaban J connectivity index is 2.33. The third-order valence-corrected chi connectivity index (χ3v) is 4.91. The standard InChI is InChI=1S/C10H9BrS2/c1-7(11)8-4-5-10(13-8)9-3-2-6-12-9/h2-7H,1H3. The Hall–Kier alpha value is -0.120. The van der Waals surface area contributed by atoms with Crippen LogP contribution in [0.1, 0.15) is 16.6 Å². The summed E-state index contributed by atoms with van der Waals surface area (Å²) in [5.41, 5.74) is 0. The fraction of sp³-hybridized carbons (Fsp3) is 0.200. The summed E-state index contributed by atoms with van der Waals surface area (Å²) in [6.45, 7) is 2.16. The fourth-order valence-electron chi connectivity index (χ4n) is 1.12. The smallest absolute Gasteiger partial charge is 0.0461 e. The van der Waals surface area contributed by atoms with Gasteiger partial charge in [0, 0.05) is 19.5 Å². The normalized spacial score (nSPS) is 13.1. The summed E-state index contributed by atoms with van der Waals surface area (Å²) >= 11 is 7.23. The molecule has 0 aliphatic carbocycles. The predicted octanol–water partition coefficient (Wildman–Crippen LogP) is 4.93. The summed E-state index contributed by atoms with van der Waals surface area (Å²) in [5.74, 6) is 0. The third kappa shape index (κ3) is 2.03. The van der Waals surface area contributed by atoms with E-state index in [1.165, 1.54) is 14.6 Å². The molecular formula is C10H9BrS2. The Labute approximate surface area is 94.4 Å². The van der Waals surface area contributed by atoms with E-state index in [0.29, 0.717) is 4.83 Å². The maximum Gasteiger partial charge on any atom is 0.0461 e. The van der Waals surface area contributed by atoms with Crippen LogP contribution in [0.15, 0.2) is 29.6 Å². The van der Waals surface area contributed by atoms with E-state index in [4.69, 9.17) is 0 Å². The minimum Gasteiger partial charge on any atom is -0.143 e. The van der Waals surface area contributed by atoms with Crippen LogP contribution in [-0.4, -0.2) is 0 Å². The molecule has 0 saturated heterocycles. The van der Waals surface area contributed by atoms with Crippen molar-refractivity contribution in [2.75, 3.05) is 0 Å². The molecule has 0 bridgehead atoms. The van der Waals surface area contributed by atoms with Gasteiger partial charge in [-0.2, -0.15) is 0 Å². The van der Waals surface area contributed by atoms with E-state index in [9.17, 15) is 0 Å². The molecule has 2 heterocycles. The second kappa shape index (κ2) is 3.95. The van der Waals surface area contributed by atoms with Gasteiger partial charge in [0.05, 0.1) is 0 Å². The van der Waals surface area contributed by atoms with Crippen molar-refractivity contribution in [2.45, 2.75) is 11.8 Å². The number of alkyl halides is 1. The van der Waals surface area contributed by atoms with Crippen molar-refractivity contribution in [1.82, 2.24) is 0 Å². The molecule has 3 heteroatoms. The van der Waals surface area contributed by atoms with Crippen molar-refractivity contribution in [2.24, 2.45) is 0 Å². The van der Waals surface area contributed by atoms with Crippen molar-refractivity contribution in [3.63, 3.8) is 0 Å². The van der Waals surface area contributed by atoms with Gasteiger partial charge in [-0.15, -0.1) is 22.7 Å². The SMILES string of the molecule is CC(Br)c1ccc(-c2cccs2)s1. The fourth-order valence-corrected chi connectivity index (χ4v) is 3.32. The number of thiophene rings is 2. The van der Waals surface area contributed by atoms with Crippen molar-refractivity contribution >= 4 is 38.6 Å². The Kier molecular flexibility index (Phi) is 2.86. The van der Waals surface area contributed by atoms with Crippen molar-refractivity contribution in [1.29, 1.82) is 0 Å². The zero-order valence-electron chi connectivity index (χ0n) is 7.16. The van der Waals surface area contributed by atoms with Crippen LogP contribution in [0.2, 0.25) is 0 Å². The zero-order chi connectivity index (χ0) is 9.26. The van der Waals surface area contributed by atoms with Gasteiger partial charge in [-0.25, -0.2) is 0 Å². The molecule has 0 aromatic carbocycles. The molecule has 0 nitrogen and oxygen atoms in total. The quantitative estimate of drug-likeness (QED) is 0.680. The van der Waals surface area contributed by atoms with E-state index in [0.717, 1.165) is 0 Å². The molecule has 68 valence electrons. The summed E-state index contributed by atoms with van der Waals surface area (Å²) in [4.78, 5) is 4.59. The Bertz CT molecular complexity index is 373. The lowest BCUT2D eigenvalue weighted by molar-refractivity contribution is 1.17. The van der Waals surface area contributed by atoms with Gasteiger partial charge in [0.25, 0.3) is 0 Å². The topological polar surface area (TPSA) is 0 Å². The van der Waals surface area contributed by atoms with Gasteiger partial charge in [0.1, 0.15) is 0 Å². The van der Waals surface area contributed by atoms with E-state index in [-0.39, 0.29) is 0 Å². The van der Waals surface area contributed by atoms with Crippen LogP contribution in [0.3, 0.4) is 0 Å². The van der Waals surface area contributed by atoms with Gasteiger partial charge in [-0.05, 0) is 30.5 Å². The molecule has 0 saturated carbocycles. The van der Waals surface area contributed by atoms with Gasteiger partial charge >= 0.3 is 0 Å². The molecule has 0 aliphatic rings. The monoisotopic (exact) mass is 272 g/mol. The third-order valence-electron chi connectivity index (χ3n) is 1.78. The molecule has 0 aliphatic heterocycles. The first kappa shape index (κ1) is 9.44. The second-order valence-corrected chi connectivity index (χ2v) is 6.23. The van der Waals surface area contributed by atoms with Crippen LogP contribution in [0.4, 0.5) is 0 Å². The highest BCUT2D eigenvalue weighted by atomic mass is 79.9. The Morgan fingerprint density at radius 1 is 1.23 bits per heavy atom. The summed E-state index contributed by atoms with van der Waals surface area (Å²) in [6.07, 6.45) is 0. The lowest BCUT2D eigenvalue weighted by Crippen LogP contribution is -1.71.